The first kappa shape index (κ1) is 14.4. The Labute approximate surface area is 126 Å². The summed E-state index contributed by atoms with van der Waals surface area (Å²) >= 11 is 0. The van der Waals surface area contributed by atoms with Crippen LogP contribution in [-0.2, 0) is 0 Å². The van der Waals surface area contributed by atoms with E-state index < -0.39 is 0 Å². The SMILES string of the molecule is COc1cc(NC2CCNC([C@H]3CC3C)C2)ccc1C=O. The molecule has 0 aromatic heterocycles. The monoisotopic (exact) mass is 288 g/mol. The Morgan fingerprint density at radius 2 is 2.19 bits per heavy atom. The molecule has 21 heavy (non-hydrogen) atoms. The molecule has 4 atom stereocenters. The zero-order valence-electron chi connectivity index (χ0n) is 12.8. The Bertz CT molecular complexity index is 518. The molecule has 0 amide bonds. The summed E-state index contributed by atoms with van der Waals surface area (Å²) in [5.74, 6) is 2.38. The van der Waals surface area contributed by atoms with Crippen molar-refractivity contribution >= 4 is 12.0 Å². The lowest BCUT2D eigenvalue weighted by Crippen LogP contribution is -2.44. The first-order valence-corrected chi connectivity index (χ1v) is 7.84. The molecule has 2 aliphatic rings. The van der Waals surface area contributed by atoms with Crippen LogP contribution < -0.4 is 15.4 Å². The number of anilines is 1. The molecule has 1 aliphatic carbocycles. The van der Waals surface area contributed by atoms with Crippen molar-refractivity contribution in [2.24, 2.45) is 11.8 Å². The summed E-state index contributed by atoms with van der Waals surface area (Å²) in [4.78, 5) is 10.9. The summed E-state index contributed by atoms with van der Waals surface area (Å²) in [5, 5.41) is 7.26. The minimum absolute atomic E-state index is 0.496. The fourth-order valence-electron chi connectivity index (χ4n) is 3.45. The van der Waals surface area contributed by atoms with Crippen molar-refractivity contribution in [3.05, 3.63) is 23.8 Å². The summed E-state index contributed by atoms with van der Waals surface area (Å²) in [5.41, 5.74) is 1.63. The highest BCUT2D eigenvalue weighted by atomic mass is 16.5. The maximum Gasteiger partial charge on any atom is 0.153 e. The second kappa shape index (κ2) is 6.06. The van der Waals surface area contributed by atoms with Gasteiger partial charge < -0.3 is 15.4 Å². The van der Waals surface area contributed by atoms with E-state index in [1.807, 2.05) is 18.2 Å². The molecule has 3 unspecified atom stereocenters. The Kier molecular flexibility index (Phi) is 4.15. The van der Waals surface area contributed by atoms with Crippen LogP contribution >= 0.6 is 0 Å². The second-order valence-electron chi connectivity index (χ2n) is 6.38. The van der Waals surface area contributed by atoms with Crippen molar-refractivity contribution in [1.29, 1.82) is 0 Å². The maximum absolute atomic E-state index is 10.9. The number of piperidine rings is 1. The zero-order valence-corrected chi connectivity index (χ0v) is 12.8. The van der Waals surface area contributed by atoms with Crippen LogP contribution in [0.2, 0.25) is 0 Å². The summed E-state index contributed by atoms with van der Waals surface area (Å²) in [6, 6.07) is 6.84. The van der Waals surface area contributed by atoms with Gasteiger partial charge in [-0.3, -0.25) is 4.79 Å². The van der Waals surface area contributed by atoms with E-state index in [4.69, 9.17) is 4.74 Å². The third kappa shape index (κ3) is 3.21. The predicted molar refractivity (Wildman–Crippen MR) is 84.1 cm³/mol. The Morgan fingerprint density at radius 3 is 2.86 bits per heavy atom. The van der Waals surface area contributed by atoms with E-state index in [9.17, 15) is 4.79 Å². The molecule has 114 valence electrons. The standard InChI is InChI=1S/C17H24N2O2/c1-11-7-15(11)16-8-14(5-6-18-16)19-13-4-3-12(10-20)17(9-13)21-2/h3-4,9-11,14-16,18-19H,5-8H2,1-2H3/t11?,14?,15-,16?/m0/s1. The Morgan fingerprint density at radius 1 is 1.38 bits per heavy atom. The Hall–Kier alpha value is -1.55. The number of methoxy groups -OCH3 is 1. The van der Waals surface area contributed by atoms with Crippen molar-refractivity contribution < 1.29 is 9.53 Å². The lowest BCUT2D eigenvalue weighted by Gasteiger charge is -2.32. The number of hydrogen-bond donors (Lipinski definition) is 2. The van der Waals surface area contributed by atoms with Gasteiger partial charge in [-0.15, -0.1) is 0 Å². The van der Waals surface area contributed by atoms with Gasteiger partial charge in [-0.2, -0.15) is 0 Å². The molecule has 0 spiro atoms. The quantitative estimate of drug-likeness (QED) is 0.818. The normalized spacial score (nSPS) is 31.5. The molecule has 2 fully saturated rings. The van der Waals surface area contributed by atoms with Crippen LogP contribution in [0.1, 0.15) is 36.5 Å². The summed E-state index contributed by atoms with van der Waals surface area (Å²) in [7, 11) is 1.60. The third-order valence-corrected chi connectivity index (χ3v) is 4.86. The molecular weight excluding hydrogens is 264 g/mol. The van der Waals surface area contributed by atoms with Crippen LogP contribution in [0.3, 0.4) is 0 Å². The fourth-order valence-corrected chi connectivity index (χ4v) is 3.45. The average molecular weight is 288 g/mol. The van der Waals surface area contributed by atoms with Gasteiger partial charge in [-0.1, -0.05) is 6.92 Å². The van der Waals surface area contributed by atoms with E-state index in [0.29, 0.717) is 23.4 Å². The van der Waals surface area contributed by atoms with E-state index >= 15 is 0 Å². The third-order valence-electron chi connectivity index (χ3n) is 4.86. The number of aldehydes is 1. The minimum Gasteiger partial charge on any atom is -0.496 e. The predicted octanol–water partition coefficient (Wildman–Crippen LogP) is 2.70. The van der Waals surface area contributed by atoms with Crippen molar-refractivity contribution in [2.75, 3.05) is 19.0 Å². The second-order valence-corrected chi connectivity index (χ2v) is 6.38. The molecule has 1 saturated heterocycles. The summed E-state index contributed by atoms with van der Waals surface area (Å²) in [6.07, 6.45) is 4.51. The van der Waals surface area contributed by atoms with Crippen molar-refractivity contribution in [1.82, 2.24) is 5.32 Å². The highest BCUT2D eigenvalue weighted by Gasteiger charge is 2.41. The number of carbonyl (C=O) groups excluding carboxylic acids is 1. The van der Waals surface area contributed by atoms with Gasteiger partial charge in [0.15, 0.2) is 6.29 Å². The molecular formula is C17H24N2O2. The van der Waals surface area contributed by atoms with Gasteiger partial charge in [0.25, 0.3) is 0 Å². The minimum atomic E-state index is 0.496. The fraction of sp³-hybridized carbons (Fsp3) is 0.588. The number of nitrogens with one attached hydrogen (secondary N) is 2. The van der Waals surface area contributed by atoms with E-state index in [0.717, 1.165) is 36.8 Å². The average Bonchev–Trinajstić information content (AvgIpc) is 3.24. The molecule has 4 heteroatoms. The largest absolute Gasteiger partial charge is 0.496 e. The smallest absolute Gasteiger partial charge is 0.153 e. The van der Waals surface area contributed by atoms with E-state index in [-0.39, 0.29) is 0 Å². The summed E-state index contributed by atoms with van der Waals surface area (Å²) < 4.78 is 5.27. The van der Waals surface area contributed by atoms with E-state index in [1.165, 1.54) is 12.8 Å². The molecule has 1 aromatic carbocycles. The number of hydrogen-bond acceptors (Lipinski definition) is 4. The molecule has 2 N–H and O–H groups in total. The topological polar surface area (TPSA) is 50.4 Å². The first-order chi connectivity index (χ1) is 10.2. The van der Waals surface area contributed by atoms with Crippen LogP contribution in [0.15, 0.2) is 18.2 Å². The Balaban J connectivity index is 1.64. The molecule has 1 aliphatic heterocycles. The van der Waals surface area contributed by atoms with Gasteiger partial charge >= 0.3 is 0 Å². The number of carbonyl (C=O) groups is 1. The van der Waals surface area contributed by atoms with Gasteiger partial charge in [0.2, 0.25) is 0 Å². The van der Waals surface area contributed by atoms with Crippen LogP contribution in [-0.4, -0.2) is 32.0 Å². The molecule has 1 saturated carbocycles. The van der Waals surface area contributed by atoms with Gasteiger partial charge in [-0.05, 0) is 49.8 Å². The number of benzene rings is 1. The molecule has 4 nitrogen and oxygen atoms in total. The van der Waals surface area contributed by atoms with Gasteiger partial charge in [0, 0.05) is 23.8 Å². The molecule has 1 aromatic rings. The van der Waals surface area contributed by atoms with Crippen LogP contribution in [0.5, 0.6) is 5.75 Å². The highest BCUT2D eigenvalue weighted by Crippen LogP contribution is 2.42. The number of ether oxygens (including phenoxy) is 1. The van der Waals surface area contributed by atoms with Crippen LogP contribution in [0.4, 0.5) is 5.69 Å². The lowest BCUT2D eigenvalue weighted by atomic mass is 9.95. The van der Waals surface area contributed by atoms with Crippen LogP contribution in [0, 0.1) is 11.8 Å². The lowest BCUT2D eigenvalue weighted by molar-refractivity contribution is 0.112. The maximum atomic E-state index is 10.9. The number of rotatable bonds is 5. The summed E-state index contributed by atoms with van der Waals surface area (Å²) in [6.45, 7) is 3.42. The van der Waals surface area contributed by atoms with E-state index in [1.54, 1.807) is 7.11 Å². The zero-order chi connectivity index (χ0) is 14.8. The molecule has 0 radical (unpaired) electrons. The van der Waals surface area contributed by atoms with Gasteiger partial charge in [-0.25, -0.2) is 0 Å². The van der Waals surface area contributed by atoms with Crippen LogP contribution in [0.25, 0.3) is 0 Å². The molecule has 0 bridgehead atoms. The highest BCUT2D eigenvalue weighted by molar-refractivity contribution is 5.80. The van der Waals surface area contributed by atoms with Crippen molar-refractivity contribution in [2.45, 2.75) is 38.3 Å². The first-order valence-electron chi connectivity index (χ1n) is 7.84. The van der Waals surface area contributed by atoms with Gasteiger partial charge in [0.05, 0.1) is 12.7 Å². The van der Waals surface area contributed by atoms with E-state index in [2.05, 4.69) is 17.6 Å². The van der Waals surface area contributed by atoms with Crippen molar-refractivity contribution in [3.8, 4) is 5.75 Å². The molecule has 1 heterocycles. The molecule has 3 rings (SSSR count). The van der Waals surface area contributed by atoms with Crippen molar-refractivity contribution in [3.63, 3.8) is 0 Å². The van der Waals surface area contributed by atoms with Gasteiger partial charge in [0.1, 0.15) is 5.75 Å².